The van der Waals surface area contributed by atoms with Crippen LogP contribution in [0.2, 0.25) is 10.0 Å². The predicted octanol–water partition coefficient (Wildman–Crippen LogP) is 5.36. The van der Waals surface area contributed by atoms with E-state index in [0.29, 0.717) is 22.1 Å². The smallest absolute Gasteiger partial charge is 0.345 e. The number of carbonyl (C=O) groups excluding carboxylic acids is 2. The first kappa shape index (κ1) is 23.3. The summed E-state index contributed by atoms with van der Waals surface area (Å²) in [5.74, 6) is -0.0183. The van der Waals surface area contributed by atoms with Crippen LogP contribution in [0.15, 0.2) is 65.8 Å². The van der Waals surface area contributed by atoms with Gasteiger partial charge in [-0.2, -0.15) is 5.10 Å². The Morgan fingerprint density at radius 3 is 2.34 bits per heavy atom. The van der Waals surface area contributed by atoms with Gasteiger partial charge in [0.05, 0.1) is 16.8 Å². The summed E-state index contributed by atoms with van der Waals surface area (Å²) in [5, 5.41) is 4.54. The molecule has 3 aromatic rings. The number of hydrogen-bond donors (Lipinski definition) is 1. The van der Waals surface area contributed by atoms with E-state index in [4.69, 9.17) is 32.7 Å². The zero-order chi connectivity index (χ0) is 23.1. The molecule has 0 aliphatic carbocycles. The average molecular weight is 471 g/mol. The Balaban J connectivity index is 1.48. The Morgan fingerprint density at radius 2 is 1.66 bits per heavy atom. The lowest BCUT2D eigenvalue weighted by atomic mass is 10.1. The number of esters is 1. The number of hydrogen-bond acceptors (Lipinski definition) is 5. The Morgan fingerprint density at radius 1 is 0.938 bits per heavy atom. The van der Waals surface area contributed by atoms with Gasteiger partial charge < -0.3 is 9.47 Å². The van der Waals surface area contributed by atoms with E-state index < -0.39 is 5.97 Å². The molecule has 3 rings (SSSR count). The molecule has 0 spiro atoms. The molecule has 0 aromatic heterocycles. The molecule has 0 radical (unpaired) electrons. The highest BCUT2D eigenvalue weighted by molar-refractivity contribution is 6.36. The zero-order valence-electron chi connectivity index (χ0n) is 17.4. The second-order valence-electron chi connectivity index (χ2n) is 6.91. The van der Waals surface area contributed by atoms with Crippen molar-refractivity contribution in [1.82, 2.24) is 5.43 Å². The summed E-state index contributed by atoms with van der Waals surface area (Å²) in [7, 11) is 0. The van der Waals surface area contributed by atoms with E-state index in [1.807, 2.05) is 32.0 Å². The van der Waals surface area contributed by atoms with Crippen molar-refractivity contribution in [3.05, 3.63) is 93.0 Å². The first-order chi connectivity index (χ1) is 15.3. The third-order valence-corrected chi connectivity index (χ3v) is 5.04. The number of nitrogens with one attached hydrogen (secondary N) is 1. The molecular weight excluding hydrogens is 451 g/mol. The van der Waals surface area contributed by atoms with Crippen LogP contribution < -0.4 is 14.9 Å². The van der Waals surface area contributed by atoms with E-state index in [1.54, 1.807) is 30.3 Å². The summed E-state index contributed by atoms with van der Waals surface area (Å²) in [6.07, 6.45) is 1.47. The molecule has 0 aliphatic heterocycles. The fourth-order valence-corrected chi connectivity index (χ4v) is 3.09. The lowest BCUT2D eigenvalue weighted by Gasteiger charge is -2.07. The van der Waals surface area contributed by atoms with Crippen molar-refractivity contribution in [3.8, 4) is 11.5 Å². The highest BCUT2D eigenvalue weighted by Crippen LogP contribution is 2.23. The van der Waals surface area contributed by atoms with Crippen molar-refractivity contribution in [3.63, 3.8) is 0 Å². The fourth-order valence-electron chi connectivity index (χ4n) is 2.60. The van der Waals surface area contributed by atoms with Gasteiger partial charge in [-0.3, -0.25) is 4.79 Å². The largest absolute Gasteiger partial charge is 0.484 e. The minimum atomic E-state index is -0.593. The summed E-state index contributed by atoms with van der Waals surface area (Å²) < 4.78 is 10.8. The zero-order valence-corrected chi connectivity index (χ0v) is 18.9. The van der Waals surface area contributed by atoms with Gasteiger partial charge in [0.25, 0.3) is 5.91 Å². The van der Waals surface area contributed by atoms with Gasteiger partial charge in [-0.25, -0.2) is 10.2 Å². The highest BCUT2D eigenvalue weighted by atomic mass is 35.5. The quantitative estimate of drug-likeness (QED) is 0.218. The van der Waals surface area contributed by atoms with Gasteiger partial charge in [-0.15, -0.1) is 0 Å². The van der Waals surface area contributed by atoms with Crippen LogP contribution in [0.5, 0.6) is 11.5 Å². The number of hydrazone groups is 1. The Kier molecular flexibility index (Phi) is 7.87. The third-order valence-electron chi connectivity index (χ3n) is 4.49. The summed E-state index contributed by atoms with van der Waals surface area (Å²) >= 11 is 11.9. The van der Waals surface area contributed by atoms with Crippen LogP contribution >= 0.6 is 23.2 Å². The molecule has 164 valence electrons. The van der Waals surface area contributed by atoms with Gasteiger partial charge in [-0.05, 0) is 85.1 Å². The molecule has 0 fully saturated rings. The molecule has 0 saturated carbocycles. The monoisotopic (exact) mass is 470 g/mol. The molecule has 32 heavy (non-hydrogen) atoms. The van der Waals surface area contributed by atoms with Crippen molar-refractivity contribution in [2.24, 2.45) is 5.10 Å². The average Bonchev–Trinajstić information content (AvgIpc) is 2.75. The second kappa shape index (κ2) is 10.8. The molecule has 0 saturated heterocycles. The normalized spacial score (nSPS) is 10.8. The lowest BCUT2D eigenvalue weighted by Crippen LogP contribution is -2.24. The van der Waals surface area contributed by atoms with E-state index in [1.165, 1.54) is 18.3 Å². The van der Waals surface area contributed by atoms with Crippen molar-refractivity contribution in [1.29, 1.82) is 0 Å². The van der Waals surface area contributed by atoms with Gasteiger partial charge in [0, 0.05) is 5.02 Å². The van der Waals surface area contributed by atoms with Crippen molar-refractivity contribution < 1.29 is 19.1 Å². The standard InChI is InChI=1S/C24H20Cl2N2O4/c1-15-3-7-20(11-16(15)2)31-14-23(29)28-27-13-17-4-8-19(9-5-17)32-24(30)21-10-6-18(25)12-22(21)26/h3-13H,14H2,1-2H3,(H,28,29)/b27-13-. The number of rotatable bonds is 7. The van der Waals surface area contributed by atoms with Crippen molar-refractivity contribution in [2.75, 3.05) is 6.61 Å². The topological polar surface area (TPSA) is 77.0 Å². The van der Waals surface area contributed by atoms with Gasteiger partial charge in [-0.1, -0.05) is 29.3 Å². The summed E-state index contributed by atoms with van der Waals surface area (Å²) in [6.45, 7) is 3.83. The van der Waals surface area contributed by atoms with E-state index in [2.05, 4.69) is 10.5 Å². The fraction of sp³-hybridized carbons (Fsp3) is 0.125. The van der Waals surface area contributed by atoms with E-state index in [0.717, 1.165) is 11.1 Å². The van der Waals surface area contributed by atoms with Gasteiger partial charge in [0.1, 0.15) is 11.5 Å². The van der Waals surface area contributed by atoms with Gasteiger partial charge in [0.15, 0.2) is 6.61 Å². The molecule has 0 unspecified atom stereocenters. The number of aryl methyl sites for hydroxylation is 2. The number of carbonyl (C=O) groups is 2. The Hall–Kier alpha value is -3.35. The van der Waals surface area contributed by atoms with Crippen LogP contribution in [-0.4, -0.2) is 24.7 Å². The third kappa shape index (κ3) is 6.57. The van der Waals surface area contributed by atoms with E-state index in [-0.39, 0.29) is 23.1 Å². The number of amides is 1. The Labute approximate surface area is 195 Å². The van der Waals surface area contributed by atoms with Crippen LogP contribution in [0.1, 0.15) is 27.0 Å². The summed E-state index contributed by atoms with van der Waals surface area (Å²) in [4.78, 5) is 24.1. The number of ether oxygens (including phenoxy) is 2. The molecule has 3 aromatic carbocycles. The second-order valence-corrected chi connectivity index (χ2v) is 7.75. The molecule has 0 atom stereocenters. The maximum Gasteiger partial charge on any atom is 0.345 e. The van der Waals surface area contributed by atoms with E-state index >= 15 is 0 Å². The number of nitrogens with zero attached hydrogens (tertiary/aromatic N) is 1. The van der Waals surface area contributed by atoms with Gasteiger partial charge in [0.2, 0.25) is 0 Å². The molecule has 0 aliphatic rings. The molecule has 0 bridgehead atoms. The predicted molar refractivity (Wildman–Crippen MR) is 125 cm³/mol. The first-order valence-electron chi connectivity index (χ1n) is 9.61. The molecule has 1 amide bonds. The van der Waals surface area contributed by atoms with Crippen LogP contribution in [0.25, 0.3) is 0 Å². The minimum absolute atomic E-state index is 0.151. The van der Waals surface area contributed by atoms with Crippen LogP contribution in [0.4, 0.5) is 0 Å². The van der Waals surface area contributed by atoms with Crippen LogP contribution in [0.3, 0.4) is 0 Å². The van der Waals surface area contributed by atoms with Crippen molar-refractivity contribution >= 4 is 41.3 Å². The molecule has 1 N–H and O–H groups in total. The maximum absolute atomic E-state index is 12.2. The highest BCUT2D eigenvalue weighted by Gasteiger charge is 2.13. The maximum atomic E-state index is 12.2. The number of benzene rings is 3. The number of halogens is 2. The van der Waals surface area contributed by atoms with Crippen LogP contribution in [0, 0.1) is 13.8 Å². The van der Waals surface area contributed by atoms with Gasteiger partial charge >= 0.3 is 5.97 Å². The Bertz CT molecular complexity index is 1160. The van der Waals surface area contributed by atoms with Crippen LogP contribution in [-0.2, 0) is 4.79 Å². The minimum Gasteiger partial charge on any atom is -0.484 e. The summed E-state index contributed by atoms with van der Waals surface area (Å²) in [5.41, 5.74) is 5.56. The molecule has 6 nitrogen and oxygen atoms in total. The van der Waals surface area contributed by atoms with E-state index in [9.17, 15) is 9.59 Å². The summed E-state index contributed by atoms with van der Waals surface area (Å²) in [6, 6.07) is 16.7. The lowest BCUT2D eigenvalue weighted by molar-refractivity contribution is -0.123. The van der Waals surface area contributed by atoms with Crippen molar-refractivity contribution in [2.45, 2.75) is 13.8 Å². The molecule has 0 heterocycles. The SMILES string of the molecule is Cc1ccc(OCC(=O)N/N=C\c2ccc(OC(=O)c3ccc(Cl)cc3Cl)cc2)cc1C. The molecular formula is C24H20Cl2N2O4. The first-order valence-corrected chi connectivity index (χ1v) is 10.4. The molecule has 8 heteroatoms.